The average molecular weight is 424 g/mol. The molecule has 0 radical (unpaired) electrons. The number of thiazole rings is 1. The summed E-state index contributed by atoms with van der Waals surface area (Å²) in [4.78, 5) is 21.7. The summed E-state index contributed by atoms with van der Waals surface area (Å²) in [5, 5.41) is 1.38. The van der Waals surface area contributed by atoms with Crippen LogP contribution in [0.15, 0.2) is 36.4 Å². The maximum Gasteiger partial charge on any atom is 0.260 e. The Hall–Kier alpha value is -1.66. The highest BCUT2D eigenvalue weighted by atomic mass is 35.5. The number of aryl methyl sites for hydroxylation is 2. The number of nitrogens with zero attached hydrogens (tertiary/aromatic N) is 3. The Morgan fingerprint density at radius 3 is 2.48 bits per heavy atom. The number of aromatic nitrogens is 1. The van der Waals surface area contributed by atoms with E-state index in [9.17, 15) is 4.79 Å². The third kappa shape index (κ3) is 4.99. The molecule has 0 aliphatic carbocycles. The molecular formula is C20H23Cl2N3OS. The van der Waals surface area contributed by atoms with Gasteiger partial charge in [0.1, 0.15) is 0 Å². The van der Waals surface area contributed by atoms with Gasteiger partial charge in [-0.15, -0.1) is 12.4 Å². The average Bonchev–Trinajstić information content (AvgIpc) is 2.99. The van der Waals surface area contributed by atoms with E-state index < -0.39 is 0 Å². The number of fused-ring (bicyclic) bond motifs is 1. The molecule has 144 valence electrons. The Balaban J connectivity index is 0.00000261. The van der Waals surface area contributed by atoms with E-state index in [1.165, 1.54) is 16.9 Å². The van der Waals surface area contributed by atoms with Crippen LogP contribution in [0.4, 0.5) is 5.13 Å². The lowest BCUT2D eigenvalue weighted by Gasteiger charge is -2.22. The van der Waals surface area contributed by atoms with Gasteiger partial charge in [0.25, 0.3) is 5.91 Å². The van der Waals surface area contributed by atoms with Crippen molar-refractivity contribution in [3.05, 3.63) is 58.1 Å². The molecule has 3 rings (SSSR count). The van der Waals surface area contributed by atoms with E-state index in [-0.39, 0.29) is 18.3 Å². The third-order valence-corrected chi connectivity index (χ3v) is 5.62. The number of benzene rings is 2. The summed E-state index contributed by atoms with van der Waals surface area (Å²) < 4.78 is 0.982. The van der Waals surface area contributed by atoms with Crippen molar-refractivity contribution < 1.29 is 4.79 Å². The van der Waals surface area contributed by atoms with Crippen molar-refractivity contribution in [3.63, 3.8) is 0 Å². The standard InChI is InChI=1S/C20H22ClN3OS.ClH/c1-13-5-6-15(11-14(13)2)19(25)24(10-9-23(3)4)20-22-17-8-7-16(21)12-18(17)26-20;/h5-8,11-12H,9-10H2,1-4H3;1H. The molecule has 0 unspecified atom stereocenters. The molecule has 4 nitrogen and oxygen atoms in total. The van der Waals surface area contributed by atoms with Crippen molar-refractivity contribution in [2.24, 2.45) is 0 Å². The molecule has 0 spiro atoms. The Morgan fingerprint density at radius 2 is 1.81 bits per heavy atom. The first kappa shape index (κ1) is 21.6. The summed E-state index contributed by atoms with van der Waals surface area (Å²) in [5.74, 6) is -0.0277. The van der Waals surface area contributed by atoms with Crippen molar-refractivity contribution in [2.75, 3.05) is 32.1 Å². The van der Waals surface area contributed by atoms with E-state index in [2.05, 4.69) is 9.88 Å². The fraction of sp³-hybridized carbons (Fsp3) is 0.300. The van der Waals surface area contributed by atoms with E-state index in [0.717, 1.165) is 22.3 Å². The maximum atomic E-state index is 13.2. The number of carbonyl (C=O) groups excluding carboxylic acids is 1. The predicted octanol–water partition coefficient (Wildman–Crippen LogP) is 5.20. The Bertz CT molecular complexity index is 956. The molecule has 3 aromatic rings. The van der Waals surface area contributed by atoms with Crippen LogP contribution in [-0.2, 0) is 0 Å². The molecule has 0 bridgehead atoms. The van der Waals surface area contributed by atoms with Gasteiger partial charge in [-0.2, -0.15) is 0 Å². The summed E-state index contributed by atoms with van der Waals surface area (Å²) in [6, 6.07) is 11.4. The molecular weight excluding hydrogens is 401 g/mol. The van der Waals surface area contributed by atoms with Gasteiger partial charge in [-0.05, 0) is 69.4 Å². The first-order valence-electron chi connectivity index (χ1n) is 8.45. The zero-order chi connectivity index (χ0) is 18.8. The lowest BCUT2D eigenvalue weighted by molar-refractivity contribution is 0.0985. The minimum absolute atomic E-state index is 0. The van der Waals surface area contributed by atoms with Gasteiger partial charge in [-0.25, -0.2) is 4.98 Å². The van der Waals surface area contributed by atoms with Crippen molar-refractivity contribution in [2.45, 2.75) is 13.8 Å². The van der Waals surface area contributed by atoms with Crippen LogP contribution in [0.2, 0.25) is 5.02 Å². The largest absolute Gasteiger partial charge is 0.308 e. The normalized spacial score (nSPS) is 10.9. The van der Waals surface area contributed by atoms with Crippen LogP contribution in [0, 0.1) is 13.8 Å². The molecule has 0 N–H and O–H groups in total. The number of rotatable bonds is 5. The summed E-state index contributed by atoms with van der Waals surface area (Å²) in [6.07, 6.45) is 0. The number of anilines is 1. The number of halogens is 2. The van der Waals surface area contributed by atoms with Gasteiger partial charge in [0.05, 0.1) is 10.2 Å². The smallest absolute Gasteiger partial charge is 0.260 e. The predicted molar refractivity (Wildman–Crippen MR) is 118 cm³/mol. The summed E-state index contributed by atoms with van der Waals surface area (Å²) in [5.41, 5.74) is 3.83. The van der Waals surface area contributed by atoms with Crippen LogP contribution in [0.3, 0.4) is 0 Å². The molecule has 0 saturated heterocycles. The highest BCUT2D eigenvalue weighted by Crippen LogP contribution is 2.31. The third-order valence-electron chi connectivity index (χ3n) is 4.34. The lowest BCUT2D eigenvalue weighted by atomic mass is 10.1. The number of hydrogen-bond acceptors (Lipinski definition) is 4. The number of amides is 1. The molecule has 1 heterocycles. The van der Waals surface area contributed by atoms with Crippen molar-refractivity contribution in [1.82, 2.24) is 9.88 Å². The summed E-state index contributed by atoms with van der Waals surface area (Å²) in [7, 11) is 3.99. The van der Waals surface area contributed by atoms with E-state index >= 15 is 0 Å². The van der Waals surface area contributed by atoms with Crippen molar-refractivity contribution in [3.8, 4) is 0 Å². The molecule has 2 aromatic carbocycles. The van der Waals surface area contributed by atoms with E-state index in [4.69, 9.17) is 11.6 Å². The fourth-order valence-corrected chi connectivity index (χ4v) is 3.88. The first-order valence-corrected chi connectivity index (χ1v) is 9.64. The second-order valence-corrected chi connectivity index (χ2v) is 8.11. The van der Waals surface area contributed by atoms with E-state index in [0.29, 0.717) is 22.3 Å². The monoisotopic (exact) mass is 423 g/mol. The molecule has 0 atom stereocenters. The molecule has 0 saturated carbocycles. The molecule has 7 heteroatoms. The number of likely N-dealkylation sites (N-methyl/N-ethyl adjacent to an activating group) is 1. The lowest BCUT2D eigenvalue weighted by Crippen LogP contribution is -2.36. The molecule has 0 aliphatic rings. The van der Waals surface area contributed by atoms with Gasteiger partial charge in [0.15, 0.2) is 5.13 Å². The van der Waals surface area contributed by atoms with Crippen LogP contribution >= 0.6 is 35.3 Å². The fourth-order valence-electron chi connectivity index (χ4n) is 2.62. The highest BCUT2D eigenvalue weighted by molar-refractivity contribution is 7.22. The topological polar surface area (TPSA) is 36.4 Å². The van der Waals surface area contributed by atoms with Crippen molar-refractivity contribution in [1.29, 1.82) is 0 Å². The summed E-state index contributed by atoms with van der Waals surface area (Å²) >= 11 is 7.59. The Morgan fingerprint density at radius 1 is 1.07 bits per heavy atom. The molecule has 0 aliphatic heterocycles. The Labute approximate surface area is 175 Å². The van der Waals surface area contributed by atoms with Gasteiger partial charge >= 0.3 is 0 Å². The Kier molecular flexibility index (Phi) is 7.23. The second kappa shape index (κ2) is 9.02. The van der Waals surface area contributed by atoms with Crippen LogP contribution in [0.1, 0.15) is 21.5 Å². The van der Waals surface area contributed by atoms with Crippen LogP contribution in [-0.4, -0.2) is 43.0 Å². The van der Waals surface area contributed by atoms with Crippen LogP contribution < -0.4 is 4.90 Å². The highest BCUT2D eigenvalue weighted by Gasteiger charge is 2.21. The minimum Gasteiger partial charge on any atom is -0.308 e. The zero-order valence-electron chi connectivity index (χ0n) is 15.8. The second-order valence-electron chi connectivity index (χ2n) is 6.67. The van der Waals surface area contributed by atoms with Crippen LogP contribution in [0.25, 0.3) is 10.2 Å². The molecule has 0 fully saturated rings. The maximum absolute atomic E-state index is 13.2. The zero-order valence-corrected chi connectivity index (χ0v) is 18.2. The van der Waals surface area contributed by atoms with E-state index in [1.807, 2.05) is 64.3 Å². The molecule has 27 heavy (non-hydrogen) atoms. The molecule has 1 aromatic heterocycles. The van der Waals surface area contributed by atoms with E-state index in [1.54, 1.807) is 4.90 Å². The van der Waals surface area contributed by atoms with Gasteiger partial charge in [-0.3, -0.25) is 9.69 Å². The number of carbonyl (C=O) groups is 1. The SMILES string of the molecule is Cc1ccc(C(=O)N(CCN(C)C)c2nc3ccc(Cl)cc3s2)cc1C.Cl. The molecule has 1 amide bonds. The summed E-state index contributed by atoms with van der Waals surface area (Å²) in [6.45, 7) is 5.40. The number of hydrogen-bond donors (Lipinski definition) is 0. The van der Waals surface area contributed by atoms with Gasteiger partial charge in [-0.1, -0.05) is 29.0 Å². The minimum atomic E-state index is -0.0277. The first-order chi connectivity index (χ1) is 12.3. The van der Waals surface area contributed by atoms with Gasteiger partial charge in [0, 0.05) is 23.7 Å². The van der Waals surface area contributed by atoms with Gasteiger partial charge < -0.3 is 4.90 Å². The van der Waals surface area contributed by atoms with Gasteiger partial charge in [0.2, 0.25) is 0 Å². The quantitative estimate of drug-likeness (QED) is 0.565. The van der Waals surface area contributed by atoms with Crippen LogP contribution in [0.5, 0.6) is 0 Å². The van der Waals surface area contributed by atoms with Crippen molar-refractivity contribution >= 4 is 56.6 Å².